The lowest BCUT2D eigenvalue weighted by atomic mass is 10.1. The largest absolute Gasteiger partial charge is 0.392 e. The van der Waals surface area contributed by atoms with Gasteiger partial charge in [-0.1, -0.05) is 18.3 Å². The van der Waals surface area contributed by atoms with E-state index in [1.54, 1.807) is 4.90 Å². The molecule has 0 aliphatic carbocycles. The van der Waals surface area contributed by atoms with E-state index in [1.165, 1.54) is 0 Å². The first-order valence-corrected chi connectivity index (χ1v) is 6.88. The van der Waals surface area contributed by atoms with Crippen LogP contribution in [0.5, 0.6) is 0 Å². The number of rotatable bonds is 4. The molecule has 18 heavy (non-hydrogen) atoms. The lowest BCUT2D eigenvalue weighted by molar-refractivity contribution is 0.0735. The number of benzene rings is 1. The van der Waals surface area contributed by atoms with Gasteiger partial charge in [0.15, 0.2) is 0 Å². The minimum Gasteiger partial charge on any atom is -0.392 e. The predicted octanol–water partition coefficient (Wildman–Crippen LogP) is 2.89. The smallest absolute Gasteiger partial charge is 0.255 e. The van der Waals surface area contributed by atoms with Crippen LogP contribution < -0.4 is 5.73 Å². The second kappa shape index (κ2) is 6.29. The quantitative estimate of drug-likeness (QED) is 0.864. The average Bonchev–Trinajstić information content (AvgIpc) is 2.24. The molecule has 1 amide bonds. The van der Waals surface area contributed by atoms with Gasteiger partial charge < -0.3 is 10.6 Å². The van der Waals surface area contributed by atoms with Crippen LogP contribution >= 0.6 is 28.1 Å². The Balaban J connectivity index is 3.05. The van der Waals surface area contributed by atoms with Crippen LogP contribution in [-0.4, -0.2) is 28.4 Å². The van der Waals surface area contributed by atoms with Crippen molar-refractivity contribution in [2.75, 3.05) is 6.54 Å². The Kier molecular flexibility index (Phi) is 5.28. The van der Waals surface area contributed by atoms with Crippen molar-refractivity contribution in [3.63, 3.8) is 0 Å². The van der Waals surface area contributed by atoms with Crippen molar-refractivity contribution in [1.29, 1.82) is 0 Å². The maximum Gasteiger partial charge on any atom is 0.255 e. The van der Waals surface area contributed by atoms with Crippen LogP contribution in [0, 0.1) is 6.92 Å². The van der Waals surface area contributed by atoms with Crippen LogP contribution in [0.2, 0.25) is 0 Å². The van der Waals surface area contributed by atoms with E-state index >= 15 is 0 Å². The summed E-state index contributed by atoms with van der Waals surface area (Å²) in [7, 11) is 0. The van der Waals surface area contributed by atoms with Gasteiger partial charge in [-0.15, -0.1) is 0 Å². The fourth-order valence-electron chi connectivity index (χ4n) is 1.61. The maximum absolute atomic E-state index is 12.4. The first-order valence-electron chi connectivity index (χ1n) is 5.68. The van der Waals surface area contributed by atoms with Gasteiger partial charge in [-0.2, -0.15) is 0 Å². The zero-order chi connectivity index (χ0) is 13.9. The first-order chi connectivity index (χ1) is 8.32. The van der Waals surface area contributed by atoms with Gasteiger partial charge in [0.1, 0.15) is 0 Å². The molecule has 1 aromatic carbocycles. The molecule has 0 heterocycles. The third-order valence-corrected chi connectivity index (χ3v) is 3.35. The van der Waals surface area contributed by atoms with Crippen LogP contribution in [0.15, 0.2) is 22.7 Å². The number of carbonyl (C=O) groups excluding carboxylic acids is 1. The van der Waals surface area contributed by atoms with Crippen molar-refractivity contribution in [1.82, 2.24) is 4.90 Å². The number of nitrogens with two attached hydrogens (primary N) is 1. The second-order valence-corrected chi connectivity index (χ2v) is 5.86. The maximum atomic E-state index is 12.4. The predicted molar refractivity (Wildman–Crippen MR) is 81.8 cm³/mol. The molecule has 0 saturated heterocycles. The molecule has 0 aliphatic heterocycles. The van der Waals surface area contributed by atoms with Gasteiger partial charge in [0.25, 0.3) is 5.91 Å². The molecule has 5 heteroatoms. The lowest BCUT2D eigenvalue weighted by Crippen LogP contribution is -2.42. The topological polar surface area (TPSA) is 46.3 Å². The summed E-state index contributed by atoms with van der Waals surface area (Å²) in [5.74, 6) is -0.0651. The summed E-state index contributed by atoms with van der Waals surface area (Å²) in [4.78, 5) is 14.4. The standard InChI is InChI=1S/C13H17BrN2OS/c1-8(2)16(7-12(15)18)13(17)10-5-4-9(3)6-11(10)14/h4-6,8H,7H2,1-3H3,(H2,15,18). The van der Waals surface area contributed by atoms with Crippen molar-refractivity contribution < 1.29 is 4.79 Å². The molecule has 0 aromatic heterocycles. The van der Waals surface area contributed by atoms with E-state index in [4.69, 9.17) is 18.0 Å². The van der Waals surface area contributed by atoms with Crippen molar-refractivity contribution in [3.8, 4) is 0 Å². The summed E-state index contributed by atoms with van der Waals surface area (Å²) in [5.41, 5.74) is 7.27. The van der Waals surface area contributed by atoms with Crippen LogP contribution in [0.4, 0.5) is 0 Å². The zero-order valence-corrected chi connectivity index (χ0v) is 13.1. The summed E-state index contributed by atoms with van der Waals surface area (Å²) < 4.78 is 0.793. The molecule has 1 rings (SSSR count). The lowest BCUT2D eigenvalue weighted by Gasteiger charge is -2.26. The molecule has 0 spiro atoms. The summed E-state index contributed by atoms with van der Waals surface area (Å²) in [5, 5.41) is 0. The SMILES string of the molecule is Cc1ccc(C(=O)N(CC(N)=S)C(C)C)c(Br)c1. The number of halogens is 1. The van der Waals surface area contributed by atoms with E-state index in [9.17, 15) is 4.79 Å². The molecule has 0 saturated carbocycles. The molecule has 0 aliphatic rings. The number of aryl methyl sites for hydroxylation is 1. The Bertz CT molecular complexity index is 474. The molecule has 0 unspecified atom stereocenters. The molecule has 2 N–H and O–H groups in total. The van der Waals surface area contributed by atoms with Crippen molar-refractivity contribution in [2.24, 2.45) is 5.73 Å². The number of nitrogens with zero attached hydrogens (tertiary/aromatic N) is 1. The molecule has 98 valence electrons. The van der Waals surface area contributed by atoms with Crippen LogP contribution in [0.3, 0.4) is 0 Å². The highest BCUT2D eigenvalue weighted by atomic mass is 79.9. The number of carbonyl (C=O) groups is 1. The van der Waals surface area contributed by atoms with Gasteiger partial charge >= 0.3 is 0 Å². The van der Waals surface area contributed by atoms with Crippen molar-refractivity contribution in [2.45, 2.75) is 26.8 Å². The number of amides is 1. The molecule has 0 atom stereocenters. The molecule has 3 nitrogen and oxygen atoms in total. The van der Waals surface area contributed by atoms with E-state index in [0.29, 0.717) is 17.1 Å². The summed E-state index contributed by atoms with van der Waals surface area (Å²) in [6.45, 7) is 6.16. The van der Waals surface area contributed by atoms with Crippen molar-refractivity contribution >= 4 is 39.0 Å². The third-order valence-electron chi connectivity index (χ3n) is 2.57. The molecular formula is C13H17BrN2OS. The summed E-state index contributed by atoms with van der Waals surface area (Å²) in [6.07, 6.45) is 0. The Morgan fingerprint density at radius 2 is 2.11 bits per heavy atom. The minimum absolute atomic E-state index is 0.0483. The third kappa shape index (κ3) is 3.78. The number of hydrogen-bond acceptors (Lipinski definition) is 2. The van der Waals surface area contributed by atoms with E-state index in [1.807, 2.05) is 39.0 Å². The molecule has 0 fully saturated rings. The van der Waals surface area contributed by atoms with Gasteiger partial charge in [-0.3, -0.25) is 4.79 Å². The van der Waals surface area contributed by atoms with E-state index in [-0.39, 0.29) is 11.9 Å². The summed E-state index contributed by atoms with van der Waals surface area (Å²) >= 11 is 8.31. The van der Waals surface area contributed by atoms with Gasteiger partial charge in [0.2, 0.25) is 0 Å². The minimum atomic E-state index is -0.0651. The Labute approximate surface area is 121 Å². The molecule has 0 radical (unpaired) electrons. The van der Waals surface area contributed by atoms with Crippen LogP contribution in [-0.2, 0) is 0 Å². The fourth-order valence-corrected chi connectivity index (χ4v) is 2.41. The van der Waals surface area contributed by atoms with Gasteiger partial charge in [-0.25, -0.2) is 0 Å². The van der Waals surface area contributed by atoms with E-state index in [0.717, 1.165) is 10.0 Å². The normalized spacial score (nSPS) is 10.5. The van der Waals surface area contributed by atoms with Gasteiger partial charge in [-0.05, 0) is 54.4 Å². The highest BCUT2D eigenvalue weighted by molar-refractivity contribution is 9.10. The highest BCUT2D eigenvalue weighted by Crippen LogP contribution is 2.20. The molecule has 1 aromatic rings. The Morgan fingerprint density at radius 1 is 1.50 bits per heavy atom. The van der Waals surface area contributed by atoms with Crippen LogP contribution in [0.1, 0.15) is 29.8 Å². The molecule has 0 bridgehead atoms. The summed E-state index contributed by atoms with van der Waals surface area (Å²) in [6, 6.07) is 5.70. The van der Waals surface area contributed by atoms with Gasteiger partial charge in [0.05, 0.1) is 17.1 Å². The van der Waals surface area contributed by atoms with E-state index in [2.05, 4.69) is 15.9 Å². The zero-order valence-electron chi connectivity index (χ0n) is 10.7. The second-order valence-electron chi connectivity index (χ2n) is 4.48. The van der Waals surface area contributed by atoms with Gasteiger partial charge in [0, 0.05) is 10.5 Å². The first kappa shape index (κ1) is 15.1. The van der Waals surface area contributed by atoms with E-state index < -0.39 is 0 Å². The number of hydrogen-bond donors (Lipinski definition) is 1. The van der Waals surface area contributed by atoms with Crippen LogP contribution in [0.25, 0.3) is 0 Å². The number of thiocarbonyl (C=S) groups is 1. The fraction of sp³-hybridized carbons (Fsp3) is 0.385. The Hall–Kier alpha value is -0.940. The van der Waals surface area contributed by atoms with Crippen molar-refractivity contribution in [3.05, 3.63) is 33.8 Å². The average molecular weight is 329 g/mol. The molecular weight excluding hydrogens is 312 g/mol. The highest BCUT2D eigenvalue weighted by Gasteiger charge is 2.21. The Morgan fingerprint density at radius 3 is 2.56 bits per heavy atom. The monoisotopic (exact) mass is 328 g/mol.